The number of ether oxygens (including phenoxy) is 2. The van der Waals surface area contributed by atoms with Crippen molar-refractivity contribution < 1.29 is 19.1 Å². The normalized spacial score (nSPS) is 15.4. The van der Waals surface area contributed by atoms with Crippen LogP contribution in [-0.4, -0.2) is 29.7 Å². The molecule has 3 rings (SSSR count). The molecule has 8 heteroatoms. The van der Waals surface area contributed by atoms with Crippen LogP contribution in [0.5, 0.6) is 11.5 Å². The topological polar surface area (TPSA) is 55.8 Å². The van der Waals surface area contributed by atoms with Gasteiger partial charge in [-0.15, -0.1) is 0 Å². The fourth-order valence-corrected chi connectivity index (χ4v) is 3.83. The standard InChI is InChI=1S/C20H17Cl2NO4S/c1-3-26-16-9-12(10-17-19(24)23(2)20(25)28-17)8-15(22)18(16)27-11-13-6-4-5-7-14(13)21/h4-10H,3,11H2,1-2H3/b17-10-. The summed E-state index contributed by atoms with van der Waals surface area (Å²) < 4.78 is 11.5. The molecule has 1 heterocycles. The van der Waals surface area contributed by atoms with Gasteiger partial charge in [-0.3, -0.25) is 14.5 Å². The molecular formula is C20H17Cl2NO4S. The van der Waals surface area contributed by atoms with Gasteiger partial charge in [-0.25, -0.2) is 0 Å². The average Bonchev–Trinajstić information content (AvgIpc) is 2.89. The molecule has 0 N–H and O–H groups in total. The third-order valence-electron chi connectivity index (χ3n) is 3.95. The highest BCUT2D eigenvalue weighted by atomic mass is 35.5. The molecule has 0 aromatic heterocycles. The number of imide groups is 1. The first-order valence-corrected chi connectivity index (χ1v) is 10.0. The fourth-order valence-electron chi connectivity index (χ4n) is 2.54. The van der Waals surface area contributed by atoms with Crippen LogP contribution < -0.4 is 9.47 Å². The van der Waals surface area contributed by atoms with Crippen molar-refractivity contribution in [3.63, 3.8) is 0 Å². The maximum absolute atomic E-state index is 12.1. The van der Waals surface area contributed by atoms with E-state index in [1.807, 2.05) is 25.1 Å². The third kappa shape index (κ3) is 4.46. The lowest BCUT2D eigenvalue weighted by molar-refractivity contribution is -0.121. The molecule has 0 atom stereocenters. The van der Waals surface area contributed by atoms with Gasteiger partial charge in [0.05, 0.1) is 16.5 Å². The Labute approximate surface area is 177 Å². The number of thioether (sulfide) groups is 1. The zero-order valence-corrected chi connectivity index (χ0v) is 17.5. The van der Waals surface area contributed by atoms with Gasteiger partial charge in [0, 0.05) is 17.6 Å². The molecule has 0 aliphatic carbocycles. The zero-order chi connectivity index (χ0) is 20.3. The number of amides is 2. The molecule has 1 fully saturated rings. The first kappa shape index (κ1) is 20.6. The number of hydrogen-bond acceptors (Lipinski definition) is 5. The number of rotatable bonds is 6. The van der Waals surface area contributed by atoms with Crippen molar-refractivity contribution in [1.82, 2.24) is 4.90 Å². The van der Waals surface area contributed by atoms with E-state index in [9.17, 15) is 9.59 Å². The molecule has 2 aromatic rings. The Morgan fingerprint density at radius 1 is 1.11 bits per heavy atom. The second-order valence-corrected chi connectivity index (χ2v) is 7.69. The van der Waals surface area contributed by atoms with Crippen LogP contribution in [0.15, 0.2) is 41.3 Å². The monoisotopic (exact) mass is 437 g/mol. The Kier molecular flexibility index (Phi) is 6.54. The molecule has 0 spiro atoms. The molecule has 1 aliphatic heterocycles. The van der Waals surface area contributed by atoms with Gasteiger partial charge < -0.3 is 9.47 Å². The number of likely N-dealkylation sites (N-methyl/N-ethyl adjacent to an activating group) is 1. The van der Waals surface area contributed by atoms with E-state index in [1.54, 1.807) is 24.3 Å². The van der Waals surface area contributed by atoms with Crippen LogP contribution in [0.2, 0.25) is 10.0 Å². The quantitative estimate of drug-likeness (QED) is 0.547. The number of hydrogen-bond donors (Lipinski definition) is 0. The molecule has 146 valence electrons. The first-order valence-electron chi connectivity index (χ1n) is 8.44. The summed E-state index contributed by atoms with van der Waals surface area (Å²) in [5, 5.41) is 0.621. The van der Waals surface area contributed by atoms with Crippen LogP contribution >= 0.6 is 35.0 Å². The number of halogens is 2. The van der Waals surface area contributed by atoms with E-state index in [-0.39, 0.29) is 17.8 Å². The predicted octanol–water partition coefficient (Wildman–Crippen LogP) is 5.64. The molecular weight excluding hydrogens is 421 g/mol. The maximum Gasteiger partial charge on any atom is 0.293 e. The molecule has 2 amide bonds. The summed E-state index contributed by atoms with van der Waals surface area (Å²) >= 11 is 13.5. The molecule has 0 unspecified atom stereocenters. The summed E-state index contributed by atoms with van der Waals surface area (Å²) in [5.41, 5.74) is 1.46. The minimum Gasteiger partial charge on any atom is -0.490 e. The molecule has 1 aliphatic rings. The Morgan fingerprint density at radius 2 is 1.86 bits per heavy atom. The number of nitrogens with zero attached hydrogens (tertiary/aromatic N) is 1. The van der Waals surface area contributed by atoms with Crippen molar-refractivity contribution in [2.75, 3.05) is 13.7 Å². The van der Waals surface area contributed by atoms with Crippen molar-refractivity contribution in [3.05, 3.63) is 62.5 Å². The summed E-state index contributed by atoms with van der Waals surface area (Å²) in [6, 6.07) is 10.8. The largest absolute Gasteiger partial charge is 0.490 e. The van der Waals surface area contributed by atoms with E-state index < -0.39 is 0 Å². The SMILES string of the molecule is CCOc1cc(/C=C2\SC(=O)N(C)C2=O)cc(Cl)c1OCc1ccccc1Cl. The van der Waals surface area contributed by atoms with Gasteiger partial charge in [-0.2, -0.15) is 0 Å². The van der Waals surface area contributed by atoms with E-state index in [0.29, 0.717) is 38.6 Å². The van der Waals surface area contributed by atoms with Crippen LogP contribution in [0.4, 0.5) is 4.79 Å². The smallest absolute Gasteiger partial charge is 0.293 e. The van der Waals surface area contributed by atoms with Gasteiger partial charge in [0.25, 0.3) is 11.1 Å². The van der Waals surface area contributed by atoms with E-state index >= 15 is 0 Å². The van der Waals surface area contributed by atoms with Gasteiger partial charge in [0.15, 0.2) is 11.5 Å². The Hall–Kier alpha value is -2.15. The van der Waals surface area contributed by atoms with Crippen LogP contribution in [0, 0.1) is 0 Å². The summed E-state index contributed by atoms with van der Waals surface area (Å²) in [7, 11) is 1.45. The predicted molar refractivity (Wildman–Crippen MR) is 112 cm³/mol. The lowest BCUT2D eigenvalue weighted by Crippen LogP contribution is -2.22. The summed E-state index contributed by atoms with van der Waals surface area (Å²) in [4.78, 5) is 25.2. The maximum atomic E-state index is 12.1. The van der Waals surface area contributed by atoms with Crippen molar-refractivity contribution in [3.8, 4) is 11.5 Å². The van der Waals surface area contributed by atoms with Crippen molar-refractivity contribution in [1.29, 1.82) is 0 Å². The summed E-state index contributed by atoms with van der Waals surface area (Å²) in [6.07, 6.45) is 1.61. The highest BCUT2D eigenvalue weighted by molar-refractivity contribution is 8.18. The first-order chi connectivity index (χ1) is 13.4. The van der Waals surface area contributed by atoms with Crippen LogP contribution in [-0.2, 0) is 11.4 Å². The third-order valence-corrected chi connectivity index (χ3v) is 5.56. The lowest BCUT2D eigenvalue weighted by Gasteiger charge is -2.15. The van der Waals surface area contributed by atoms with E-state index in [0.717, 1.165) is 22.2 Å². The second kappa shape index (κ2) is 8.90. The number of carbonyl (C=O) groups excluding carboxylic acids is 2. The van der Waals surface area contributed by atoms with Gasteiger partial charge in [0.2, 0.25) is 0 Å². The molecule has 28 heavy (non-hydrogen) atoms. The summed E-state index contributed by atoms with van der Waals surface area (Å²) in [5.74, 6) is 0.497. The molecule has 0 radical (unpaired) electrons. The summed E-state index contributed by atoms with van der Waals surface area (Å²) in [6.45, 7) is 2.49. The minimum absolute atomic E-state index is 0.230. The van der Waals surface area contributed by atoms with E-state index in [4.69, 9.17) is 32.7 Å². The zero-order valence-electron chi connectivity index (χ0n) is 15.2. The fraction of sp³-hybridized carbons (Fsp3) is 0.200. The van der Waals surface area contributed by atoms with E-state index in [2.05, 4.69) is 0 Å². The van der Waals surface area contributed by atoms with Crippen LogP contribution in [0.25, 0.3) is 6.08 Å². The number of carbonyl (C=O) groups is 2. The molecule has 1 saturated heterocycles. The molecule has 0 saturated carbocycles. The van der Waals surface area contributed by atoms with Gasteiger partial charge in [-0.1, -0.05) is 41.4 Å². The van der Waals surface area contributed by atoms with Crippen LogP contribution in [0.1, 0.15) is 18.1 Å². The lowest BCUT2D eigenvalue weighted by atomic mass is 10.1. The van der Waals surface area contributed by atoms with Crippen molar-refractivity contribution in [2.45, 2.75) is 13.5 Å². The molecule has 2 aromatic carbocycles. The highest BCUT2D eigenvalue weighted by Crippen LogP contribution is 2.39. The van der Waals surface area contributed by atoms with Crippen molar-refractivity contribution >= 4 is 52.2 Å². The number of benzene rings is 2. The van der Waals surface area contributed by atoms with Crippen molar-refractivity contribution in [2.24, 2.45) is 0 Å². The molecule has 5 nitrogen and oxygen atoms in total. The Bertz CT molecular complexity index is 961. The second-order valence-electron chi connectivity index (χ2n) is 5.88. The van der Waals surface area contributed by atoms with E-state index in [1.165, 1.54) is 7.05 Å². The Balaban J connectivity index is 1.89. The average molecular weight is 438 g/mol. The highest BCUT2D eigenvalue weighted by Gasteiger charge is 2.31. The van der Waals surface area contributed by atoms with Crippen LogP contribution in [0.3, 0.4) is 0 Å². The van der Waals surface area contributed by atoms with Gasteiger partial charge >= 0.3 is 0 Å². The van der Waals surface area contributed by atoms with Gasteiger partial charge in [0.1, 0.15) is 6.61 Å². The molecule has 0 bridgehead atoms. The Morgan fingerprint density at radius 3 is 2.50 bits per heavy atom. The van der Waals surface area contributed by atoms with Gasteiger partial charge in [-0.05, 0) is 48.5 Å². The minimum atomic E-state index is -0.344.